The van der Waals surface area contributed by atoms with E-state index in [4.69, 9.17) is 14.1 Å². The topological polar surface area (TPSA) is 102 Å². The Hall–Kier alpha value is -3.50. The molecule has 180 valence electrons. The van der Waals surface area contributed by atoms with Gasteiger partial charge in [0.1, 0.15) is 27.2 Å². The second-order valence-electron chi connectivity index (χ2n) is 8.12. The maximum atomic E-state index is 12.9. The second-order valence-corrected chi connectivity index (χ2v) is 9.90. The van der Waals surface area contributed by atoms with Crippen LogP contribution in [0.2, 0.25) is 0 Å². The van der Waals surface area contributed by atoms with Crippen molar-refractivity contribution in [2.75, 3.05) is 20.2 Å². The highest BCUT2D eigenvalue weighted by Crippen LogP contribution is 2.35. The molecule has 1 fully saturated rings. The van der Waals surface area contributed by atoms with Gasteiger partial charge in [-0.1, -0.05) is 18.2 Å². The van der Waals surface area contributed by atoms with E-state index in [1.54, 1.807) is 4.90 Å². The minimum Gasteiger partial charge on any atom is -0.467 e. The lowest BCUT2D eigenvalue weighted by atomic mass is 10.2. The Labute approximate surface area is 209 Å². The third-order valence-electron chi connectivity index (χ3n) is 5.95. The SMILES string of the molecule is COC(=O)C1CCCN1C(=O)CCNC(=O)c1sccc1-c1nc(-c2cc3ccccc3o2)cs1. The van der Waals surface area contributed by atoms with Crippen molar-refractivity contribution in [3.8, 4) is 22.0 Å². The summed E-state index contributed by atoms with van der Waals surface area (Å²) in [4.78, 5) is 44.1. The van der Waals surface area contributed by atoms with Crippen molar-refractivity contribution in [2.45, 2.75) is 25.3 Å². The van der Waals surface area contributed by atoms with Crippen molar-refractivity contribution in [2.24, 2.45) is 0 Å². The number of ether oxygens (including phenoxy) is 1. The molecule has 1 aromatic carbocycles. The minimum atomic E-state index is -0.530. The third kappa shape index (κ3) is 4.71. The van der Waals surface area contributed by atoms with E-state index in [-0.39, 0.29) is 24.8 Å². The highest BCUT2D eigenvalue weighted by molar-refractivity contribution is 7.15. The van der Waals surface area contributed by atoms with E-state index in [1.807, 2.05) is 47.2 Å². The highest BCUT2D eigenvalue weighted by atomic mass is 32.1. The molecule has 0 bridgehead atoms. The van der Waals surface area contributed by atoms with E-state index in [9.17, 15) is 14.4 Å². The minimum absolute atomic E-state index is 0.118. The number of fused-ring (bicyclic) bond motifs is 1. The fourth-order valence-corrected chi connectivity index (χ4v) is 5.94. The fourth-order valence-electron chi connectivity index (χ4n) is 4.23. The first-order valence-electron chi connectivity index (χ1n) is 11.2. The Balaban J connectivity index is 1.23. The molecule has 3 aromatic heterocycles. The van der Waals surface area contributed by atoms with Gasteiger partial charge in [0.25, 0.3) is 5.91 Å². The molecule has 4 heterocycles. The number of carbonyl (C=O) groups excluding carboxylic acids is 3. The number of para-hydroxylation sites is 1. The molecule has 1 aliphatic heterocycles. The largest absolute Gasteiger partial charge is 0.467 e. The maximum absolute atomic E-state index is 12.9. The van der Waals surface area contributed by atoms with Crippen molar-refractivity contribution in [3.05, 3.63) is 52.0 Å². The van der Waals surface area contributed by atoms with Gasteiger partial charge in [-0.25, -0.2) is 9.78 Å². The number of furan rings is 1. The predicted molar refractivity (Wildman–Crippen MR) is 134 cm³/mol. The first-order valence-corrected chi connectivity index (χ1v) is 13.0. The molecule has 0 aliphatic carbocycles. The van der Waals surface area contributed by atoms with Gasteiger partial charge in [0.05, 0.1) is 7.11 Å². The Morgan fingerprint density at radius 1 is 1.23 bits per heavy atom. The zero-order valence-electron chi connectivity index (χ0n) is 19.0. The van der Waals surface area contributed by atoms with Crippen molar-refractivity contribution in [1.29, 1.82) is 0 Å². The molecular weight excluding hydrogens is 486 g/mol. The first-order chi connectivity index (χ1) is 17.0. The van der Waals surface area contributed by atoms with Gasteiger partial charge in [0, 0.05) is 35.8 Å². The van der Waals surface area contributed by atoms with Crippen LogP contribution in [0.25, 0.3) is 33.0 Å². The van der Waals surface area contributed by atoms with E-state index >= 15 is 0 Å². The van der Waals surface area contributed by atoms with E-state index in [0.29, 0.717) is 23.6 Å². The van der Waals surface area contributed by atoms with Crippen LogP contribution in [-0.4, -0.2) is 53.9 Å². The van der Waals surface area contributed by atoms with Crippen LogP contribution >= 0.6 is 22.7 Å². The van der Waals surface area contributed by atoms with Crippen LogP contribution in [0, 0.1) is 0 Å². The van der Waals surface area contributed by atoms with Crippen molar-refractivity contribution in [3.63, 3.8) is 0 Å². The van der Waals surface area contributed by atoms with Gasteiger partial charge < -0.3 is 19.4 Å². The Kier molecular flexibility index (Phi) is 6.65. The summed E-state index contributed by atoms with van der Waals surface area (Å²) >= 11 is 2.77. The summed E-state index contributed by atoms with van der Waals surface area (Å²) in [6, 6.07) is 11.1. The van der Waals surface area contributed by atoms with Crippen LogP contribution in [0.3, 0.4) is 0 Å². The summed E-state index contributed by atoms with van der Waals surface area (Å²) in [7, 11) is 1.32. The zero-order chi connectivity index (χ0) is 24.4. The molecule has 0 radical (unpaired) electrons. The van der Waals surface area contributed by atoms with Gasteiger partial charge in [0.15, 0.2) is 5.76 Å². The number of likely N-dealkylation sites (tertiary alicyclic amines) is 1. The molecule has 35 heavy (non-hydrogen) atoms. The van der Waals surface area contributed by atoms with Crippen LogP contribution in [0.5, 0.6) is 0 Å². The number of carbonyl (C=O) groups is 3. The van der Waals surface area contributed by atoms with Crippen LogP contribution < -0.4 is 5.32 Å². The summed E-state index contributed by atoms with van der Waals surface area (Å²) in [6.07, 6.45) is 1.49. The Morgan fingerprint density at radius 3 is 2.91 bits per heavy atom. The lowest BCUT2D eigenvalue weighted by Crippen LogP contribution is -2.42. The quantitative estimate of drug-likeness (QED) is 0.366. The number of hydrogen-bond acceptors (Lipinski definition) is 8. The molecule has 5 rings (SSSR count). The molecule has 1 saturated heterocycles. The summed E-state index contributed by atoms with van der Waals surface area (Å²) in [6.45, 7) is 0.709. The lowest BCUT2D eigenvalue weighted by molar-refractivity contribution is -0.150. The number of amides is 2. The number of benzene rings is 1. The molecule has 8 nitrogen and oxygen atoms in total. The summed E-state index contributed by atoms with van der Waals surface area (Å²) in [5, 5.41) is 8.33. The predicted octanol–water partition coefficient (Wildman–Crippen LogP) is 4.57. The molecule has 10 heteroatoms. The number of rotatable bonds is 7. The van der Waals surface area contributed by atoms with Crippen LogP contribution in [0.1, 0.15) is 28.9 Å². The fraction of sp³-hybridized carbons (Fsp3) is 0.280. The highest BCUT2D eigenvalue weighted by Gasteiger charge is 2.34. The standard InChI is InChI=1S/C25H23N3O5S2/c1-32-25(31)18-6-4-11-28(18)21(29)8-10-26-23(30)22-16(9-12-34-22)24-27-17(14-35-24)20-13-15-5-2-3-7-19(15)33-20/h2-3,5,7,9,12-14,18H,4,6,8,10-11H2,1H3,(H,26,30). The molecule has 1 atom stereocenters. The maximum Gasteiger partial charge on any atom is 0.328 e. The Bertz CT molecular complexity index is 1360. The van der Waals surface area contributed by atoms with Gasteiger partial charge in [-0.2, -0.15) is 0 Å². The monoisotopic (exact) mass is 509 g/mol. The van der Waals surface area contributed by atoms with Crippen molar-refractivity contribution in [1.82, 2.24) is 15.2 Å². The van der Waals surface area contributed by atoms with E-state index < -0.39 is 12.0 Å². The average molecular weight is 510 g/mol. The molecule has 4 aromatic rings. The average Bonchev–Trinajstić information content (AvgIpc) is 3.67. The summed E-state index contributed by atoms with van der Waals surface area (Å²) in [5.74, 6) is -0.136. The molecule has 1 N–H and O–H groups in total. The third-order valence-corrected chi connectivity index (χ3v) is 7.74. The van der Waals surface area contributed by atoms with Gasteiger partial charge in [-0.15, -0.1) is 22.7 Å². The van der Waals surface area contributed by atoms with Crippen molar-refractivity contribution >= 4 is 51.4 Å². The zero-order valence-corrected chi connectivity index (χ0v) is 20.6. The van der Waals surface area contributed by atoms with Crippen molar-refractivity contribution < 1.29 is 23.5 Å². The Morgan fingerprint density at radius 2 is 2.09 bits per heavy atom. The van der Waals surface area contributed by atoms with Crippen LogP contribution in [-0.2, 0) is 14.3 Å². The normalized spacial score (nSPS) is 15.5. The molecular formula is C25H23N3O5S2. The van der Waals surface area contributed by atoms with Crippen LogP contribution in [0.4, 0.5) is 0 Å². The molecule has 0 saturated carbocycles. The van der Waals surface area contributed by atoms with E-state index in [1.165, 1.54) is 29.8 Å². The smallest absolute Gasteiger partial charge is 0.328 e. The number of nitrogens with zero attached hydrogens (tertiary/aromatic N) is 2. The molecule has 1 aliphatic rings. The number of esters is 1. The van der Waals surface area contributed by atoms with Gasteiger partial charge >= 0.3 is 5.97 Å². The summed E-state index contributed by atoms with van der Waals surface area (Å²) in [5.41, 5.74) is 2.26. The number of aromatic nitrogens is 1. The molecule has 2 amide bonds. The van der Waals surface area contributed by atoms with Crippen LogP contribution in [0.15, 0.2) is 51.6 Å². The molecule has 1 unspecified atom stereocenters. The van der Waals surface area contributed by atoms with Gasteiger partial charge in [-0.3, -0.25) is 9.59 Å². The number of nitrogens with one attached hydrogen (secondary N) is 1. The number of hydrogen-bond donors (Lipinski definition) is 1. The number of thiophene rings is 1. The number of thiazole rings is 1. The summed E-state index contributed by atoms with van der Waals surface area (Å²) < 4.78 is 10.7. The van der Waals surface area contributed by atoms with Gasteiger partial charge in [0.2, 0.25) is 5.91 Å². The number of methoxy groups -OCH3 is 1. The first kappa shape index (κ1) is 23.3. The molecule has 0 spiro atoms. The second kappa shape index (κ2) is 10.0. The lowest BCUT2D eigenvalue weighted by Gasteiger charge is -2.22. The van der Waals surface area contributed by atoms with E-state index in [0.717, 1.165) is 33.7 Å². The van der Waals surface area contributed by atoms with Gasteiger partial charge in [-0.05, 0) is 36.4 Å². The van der Waals surface area contributed by atoms with E-state index in [2.05, 4.69) is 5.32 Å².